The third-order valence-electron chi connectivity index (χ3n) is 6.69. The van der Waals surface area contributed by atoms with E-state index in [1.165, 1.54) is 44.6 Å². The molecule has 3 aromatic carbocycles. The minimum absolute atomic E-state index is 0.00264. The Bertz CT molecular complexity index is 1140. The Morgan fingerprint density at radius 2 is 1.38 bits per heavy atom. The van der Waals surface area contributed by atoms with Crippen molar-refractivity contribution in [1.82, 2.24) is 0 Å². The van der Waals surface area contributed by atoms with Crippen LogP contribution in [0, 0.1) is 5.82 Å². The quantitative estimate of drug-likeness (QED) is 0.0519. The fraction of sp³-hybridized carbons (Fsp3) is 0.441. The number of carbonyl (C=O) groups is 1. The second-order valence-corrected chi connectivity index (χ2v) is 10.2. The molecular formula is C34H43FO5. The maximum absolute atomic E-state index is 14.9. The molecule has 0 radical (unpaired) electrons. The Balaban J connectivity index is 1.47. The number of hydrogen-bond donors (Lipinski definition) is 0. The fourth-order valence-electron chi connectivity index (χ4n) is 4.28. The number of esters is 1. The highest BCUT2D eigenvalue weighted by molar-refractivity contribution is 5.91. The molecule has 0 saturated heterocycles. The summed E-state index contributed by atoms with van der Waals surface area (Å²) in [5, 5.41) is 0. The van der Waals surface area contributed by atoms with Gasteiger partial charge in [-0.2, -0.15) is 4.89 Å². The molecule has 0 saturated carbocycles. The van der Waals surface area contributed by atoms with E-state index in [9.17, 15) is 9.18 Å². The standard InChI is InChI=1S/C34H43FO5/c1-4-6-8-9-10-12-24-37-29-19-21-30(22-20-29)38-34(36)28-16-23-32(33(35)25-28)27-14-17-31(18-15-27)40-39-26(3)13-11-7-5-2/h14-23,25-26H,4-13,24H2,1-3H3/t26-/m0/s1. The van der Waals surface area contributed by atoms with Gasteiger partial charge in [-0.1, -0.05) is 83.4 Å². The van der Waals surface area contributed by atoms with Gasteiger partial charge in [0.15, 0.2) is 5.75 Å². The van der Waals surface area contributed by atoms with Gasteiger partial charge >= 0.3 is 5.97 Å². The molecule has 5 nitrogen and oxygen atoms in total. The van der Waals surface area contributed by atoms with Crippen LogP contribution in [0.1, 0.15) is 95.3 Å². The lowest BCUT2D eigenvalue weighted by molar-refractivity contribution is -0.241. The van der Waals surface area contributed by atoms with Crippen LogP contribution in [0.15, 0.2) is 66.7 Å². The summed E-state index contributed by atoms with van der Waals surface area (Å²) < 4.78 is 26.2. The zero-order valence-corrected chi connectivity index (χ0v) is 24.1. The maximum atomic E-state index is 14.9. The highest BCUT2D eigenvalue weighted by atomic mass is 19.1. The Morgan fingerprint density at radius 3 is 2.08 bits per heavy atom. The molecule has 0 aliphatic heterocycles. The van der Waals surface area contributed by atoms with E-state index in [2.05, 4.69) is 13.8 Å². The first kappa shape index (κ1) is 31.2. The molecular weight excluding hydrogens is 507 g/mol. The van der Waals surface area contributed by atoms with Crippen LogP contribution in [0.4, 0.5) is 4.39 Å². The van der Waals surface area contributed by atoms with Crippen LogP contribution >= 0.6 is 0 Å². The van der Waals surface area contributed by atoms with Crippen LogP contribution in [0.3, 0.4) is 0 Å². The summed E-state index contributed by atoms with van der Waals surface area (Å²) in [6, 6.07) is 18.2. The molecule has 0 unspecified atom stereocenters. The molecule has 0 amide bonds. The average molecular weight is 551 g/mol. The predicted molar refractivity (Wildman–Crippen MR) is 157 cm³/mol. The van der Waals surface area contributed by atoms with E-state index in [0.29, 0.717) is 29.2 Å². The summed E-state index contributed by atoms with van der Waals surface area (Å²) in [6.45, 7) is 7.02. The van der Waals surface area contributed by atoms with Gasteiger partial charge in [0, 0.05) is 5.56 Å². The van der Waals surface area contributed by atoms with E-state index in [0.717, 1.165) is 31.4 Å². The van der Waals surface area contributed by atoms with Crippen molar-refractivity contribution in [1.29, 1.82) is 0 Å². The van der Waals surface area contributed by atoms with Gasteiger partial charge in [-0.15, -0.1) is 0 Å². The zero-order valence-electron chi connectivity index (χ0n) is 24.1. The number of carbonyl (C=O) groups excluding carboxylic acids is 1. The van der Waals surface area contributed by atoms with Gasteiger partial charge in [0.1, 0.15) is 23.4 Å². The molecule has 0 fully saturated rings. The van der Waals surface area contributed by atoms with Gasteiger partial charge < -0.3 is 14.4 Å². The highest BCUT2D eigenvalue weighted by Crippen LogP contribution is 2.27. The van der Waals surface area contributed by atoms with Crippen molar-refractivity contribution < 1.29 is 28.4 Å². The minimum Gasteiger partial charge on any atom is -0.494 e. The van der Waals surface area contributed by atoms with Crippen molar-refractivity contribution in [3.8, 4) is 28.4 Å². The number of halogens is 1. The second kappa shape index (κ2) is 17.3. The molecule has 0 aliphatic rings. The lowest BCUT2D eigenvalue weighted by Crippen LogP contribution is -2.11. The van der Waals surface area contributed by atoms with Crippen molar-refractivity contribution in [2.75, 3.05) is 6.61 Å². The molecule has 0 aromatic heterocycles. The molecule has 0 heterocycles. The number of hydrogen-bond acceptors (Lipinski definition) is 5. The SMILES string of the molecule is CCCCCCCCOc1ccc(OC(=O)c2ccc(-c3ccc(OO[C@@H](C)CCCCC)cc3)c(F)c2)cc1. The molecule has 6 heteroatoms. The van der Waals surface area contributed by atoms with Crippen LogP contribution in [0.25, 0.3) is 11.1 Å². The van der Waals surface area contributed by atoms with Crippen LogP contribution in [-0.2, 0) is 4.89 Å². The summed E-state index contributed by atoms with van der Waals surface area (Å²) in [5.74, 6) is 0.514. The van der Waals surface area contributed by atoms with Gasteiger partial charge in [-0.25, -0.2) is 9.18 Å². The summed E-state index contributed by atoms with van der Waals surface area (Å²) in [5.41, 5.74) is 1.18. The Morgan fingerprint density at radius 1 is 0.750 bits per heavy atom. The lowest BCUT2D eigenvalue weighted by Gasteiger charge is -2.12. The summed E-state index contributed by atoms with van der Waals surface area (Å²) in [7, 11) is 0. The third-order valence-corrected chi connectivity index (χ3v) is 6.69. The molecule has 0 N–H and O–H groups in total. The number of benzene rings is 3. The maximum Gasteiger partial charge on any atom is 0.343 e. The van der Waals surface area contributed by atoms with E-state index in [1.54, 1.807) is 60.7 Å². The van der Waals surface area contributed by atoms with Crippen LogP contribution in [-0.4, -0.2) is 18.7 Å². The number of rotatable bonds is 18. The lowest BCUT2D eigenvalue weighted by atomic mass is 10.0. The van der Waals surface area contributed by atoms with Gasteiger partial charge in [0.25, 0.3) is 0 Å². The van der Waals surface area contributed by atoms with Crippen molar-refractivity contribution in [3.63, 3.8) is 0 Å². The largest absolute Gasteiger partial charge is 0.494 e. The van der Waals surface area contributed by atoms with E-state index in [1.807, 2.05) is 6.92 Å². The summed E-state index contributed by atoms with van der Waals surface area (Å²) in [6.07, 6.45) is 11.6. The van der Waals surface area contributed by atoms with Gasteiger partial charge in [-0.05, 0) is 73.9 Å². The van der Waals surface area contributed by atoms with Crippen molar-refractivity contribution in [2.45, 2.75) is 91.1 Å². The summed E-state index contributed by atoms with van der Waals surface area (Å²) >= 11 is 0. The normalized spacial score (nSPS) is 11.7. The number of unbranched alkanes of at least 4 members (excludes halogenated alkanes) is 7. The fourth-order valence-corrected chi connectivity index (χ4v) is 4.28. The first-order chi connectivity index (χ1) is 19.5. The molecule has 1 atom stereocenters. The Labute approximate surface area is 238 Å². The van der Waals surface area contributed by atoms with Crippen LogP contribution < -0.4 is 14.4 Å². The molecule has 3 aromatic rings. The zero-order chi connectivity index (χ0) is 28.6. The van der Waals surface area contributed by atoms with Gasteiger partial charge in [-0.3, -0.25) is 0 Å². The van der Waals surface area contributed by atoms with E-state index >= 15 is 0 Å². The second-order valence-electron chi connectivity index (χ2n) is 10.2. The first-order valence-electron chi connectivity index (χ1n) is 14.7. The molecule has 0 aliphatic carbocycles. The van der Waals surface area contributed by atoms with Gasteiger partial charge in [0.05, 0.1) is 12.2 Å². The summed E-state index contributed by atoms with van der Waals surface area (Å²) in [4.78, 5) is 23.5. The molecule has 3 rings (SSSR count). The van der Waals surface area contributed by atoms with Gasteiger partial charge in [0.2, 0.25) is 0 Å². The third kappa shape index (κ3) is 10.6. The van der Waals surface area contributed by atoms with E-state index in [-0.39, 0.29) is 11.7 Å². The van der Waals surface area contributed by atoms with E-state index < -0.39 is 11.8 Å². The first-order valence-corrected chi connectivity index (χ1v) is 14.7. The smallest absolute Gasteiger partial charge is 0.343 e. The molecule has 0 spiro atoms. The molecule has 216 valence electrons. The minimum atomic E-state index is -0.625. The van der Waals surface area contributed by atoms with Crippen LogP contribution in [0.2, 0.25) is 0 Å². The van der Waals surface area contributed by atoms with Crippen molar-refractivity contribution in [3.05, 3.63) is 78.1 Å². The molecule has 40 heavy (non-hydrogen) atoms. The topological polar surface area (TPSA) is 54.0 Å². The Kier molecular flexibility index (Phi) is 13.5. The van der Waals surface area contributed by atoms with Crippen molar-refractivity contribution >= 4 is 5.97 Å². The highest BCUT2D eigenvalue weighted by Gasteiger charge is 2.14. The number of ether oxygens (including phenoxy) is 2. The average Bonchev–Trinajstić information content (AvgIpc) is 2.97. The monoisotopic (exact) mass is 550 g/mol. The van der Waals surface area contributed by atoms with E-state index in [4.69, 9.17) is 19.2 Å². The van der Waals surface area contributed by atoms with Crippen LogP contribution in [0.5, 0.6) is 17.2 Å². The predicted octanol–water partition coefficient (Wildman–Crippen LogP) is 9.73. The van der Waals surface area contributed by atoms with Crippen molar-refractivity contribution in [2.24, 2.45) is 0 Å². The molecule has 0 bridgehead atoms. The Hall–Kier alpha value is -3.38.